The maximum absolute atomic E-state index is 12.7. The molecule has 0 amide bonds. The second kappa shape index (κ2) is 40.4. The van der Waals surface area contributed by atoms with Crippen molar-refractivity contribution < 1.29 is 42.1 Å². The van der Waals surface area contributed by atoms with Gasteiger partial charge in [-0.25, -0.2) is 0 Å². The lowest BCUT2D eigenvalue weighted by Gasteiger charge is -2.28. The molecule has 10 heteroatoms. The molecule has 0 aromatic heterocycles. The van der Waals surface area contributed by atoms with Gasteiger partial charge in [0.1, 0.15) is 19.8 Å². The molecule has 0 radical (unpaired) electrons. The highest BCUT2D eigenvalue weighted by Crippen LogP contribution is 2.38. The Labute approximate surface area is 356 Å². The number of hydrogen-bond donors (Lipinski definition) is 0. The molecule has 0 aliphatic carbocycles. The van der Waals surface area contributed by atoms with E-state index in [1.165, 1.54) is 89.9 Å². The van der Waals surface area contributed by atoms with Crippen molar-refractivity contribution in [2.24, 2.45) is 0 Å². The number of allylic oxidation sites excluding steroid dienone is 8. The summed E-state index contributed by atoms with van der Waals surface area (Å²) < 4.78 is 33.9. The molecule has 9 nitrogen and oxygen atoms in total. The number of likely N-dealkylation sites (N-methyl/N-ethyl adjacent to an activating group) is 1. The highest BCUT2D eigenvalue weighted by Gasteiger charge is 2.21. The number of nitrogens with zero attached hydrogens (tertiary/aromatic N) is 1. The number of ether oxygens (including phenoxy) is 2. The zero-order valence-electron chi connectivity index (χ0n) is 38.0. The van der Waals surface area contributed by atoms with Crippen molar-refractivity contribution in [3.8, 4) is 0 Å². The lowest BCUT2D eigenvalue weighted by atomic mass is 10.1. The summed E-state index contributed by atoms with van der Waals surface area (Å²) in [5.74, 6) is -0.856. The average molecular weight is 838 g/mol. The maximum Gasteiger partial charge on any atom is 0.306 e. The standard InChI is InChI=1S/C48H88NO8P/c1-6-8-10-12-14-16-18-20-22-23-24-25-27-28-30-32-34-36-38-40-47(50)54-44-46(45-56-58(52,53)55-43-42-49(3,4)5)57-48(51)41-39-37-35-33-31-29-26-21-19-17-15-13-11-9-7-2/h9,11,15,17,20-22,26,46H,6-8,10,12-14,16,18-19,23-25,27-45H2,1-5H3/b11-9+,17-15+,22-20+,26-21+/t46-/m1/s1. The van der Waals surface area contributed by atoms with Crippen LogP contribution >= 0.6 is 7.82 Å². The smallest absolute Gasteiger partial charge is 0.306 e. The Kier molecular flexibility index (Phi) is 39.0. The number of carbonyl (C=O) groups is 2. The molecular weight excluding hydrogens is 750 g/mol. The Morgan fingerprint density at radius 3 is 1.48 bits per heavy atom. The van der Waals surface area contributed by atoms with Gasteiger partial charge in [0.05, 0.1) is 27.7 Å². The van der Waals surface area contributed by atoms with Crippen molar-refractivity contribution >= 4 is 19.8 Å². The quantitative estimate of drug-likeness (QED) is 0.0196. The summed E-state index contributed by atoms with van der Waals surface area (Å²) in [4.78, 5) is 37.6. The van der Waals surface area contributed by atoms with Crippen LogP contribution in [0.15, 0.2) is 48.6 Å². The summed E-state index contributed by atoms with van der Waals surface area (Å²) in [5, 5.41) is 0. The third kappa shape index (κ3) is 43.5. The van der Waals surface area contributed by atoms with Crippen molar-refractivity contribution in [1.82, 2.24) is 0 Å². The van der Waals surface area contributed by atoms with Crippen LogP contribution in [0.2, 0.25) is 0 Å². The lowest BCUT2D eigenvalue weighted by molar-refractivity contribution is -0.870. The van der Waals surface area contributed by atoms with E-state index < -0.39 is 32.5 Å². The first-order chi connectivity index (χ1) is 28.0. The van der Waals surface area contributed by atoms with E-state index in [0.717, 1.165) is 70.6 Å². The Bertz CT molecular complexity index is 1130. The predicted molar refractivity (Wildman–Crippen MR) is 240 cm³/mol. The number of hydrogen-bond acceptors (Lipinski definition) is 8. The van der Waals surface area contributed by atoms with Gasteiger partial charge in [0.15, 0.2) is 6.10 Å². The molecule has 0 N–H and O–H groups in total. The zero-order chi connectivity index (χ0) is 42.8. The Hall–Kier alpha value is -2.03. The number of esters is 2. The molecule has 0 aromatic carbocycles. The Morgan fingerprint density at radius 2 is 0.983 bits per heavy atom. The van der Waals surface area contributed by atoms with E-state index in [9.17, 15) is 19.0 Å². The van der Waals surface area contributed by atoms with Crippen LogP contribution in [-0.2, 0) is 32.7 Å². The molecule has 338 valence electrons. The molecule has 1 unspecified atom stereocenters. The van der Waals surface area contributed by atoms with Gasteiger partial charge < -0.3 is 27.9 Å². The number of unbranched alkanes of at least 4 members (excludes halogenated alkanes) is 20. The molecule has 0 fully saturated rings. The van der Waals surface area contributed by atoms with E-state index in [0.29, 0.717) is 17.4 Å². The number of phosphoric acid groups is 1. The van der Waals surface area contributed by atoms with Crippen LogP contribution in [0, 0.1) is 0 Å². The van der Waals surface area contributed by atoms with Crippen molar-refractivity contribution in [3.05, 3.63) is 48.6 Å². The highest BCUT2D eigenvalue weighted by atomic mass is 31.2. The van der Waals surface area contributed by atoms with Crippen molar-refractivity contribution in [1.29, 1.82) is 0 Å². The van der Waals surface area contributed by atoms with Gasteiger partial charge in [0.2, 0.25) is 0 Å². The highest BCUT2D eigenvalue weighted by molar-refractivity contribution is 7.45. The molecule has 0 heterocycles. The molecule has 0 rings (SSSR count). The van der Waals surface area contributed by atoms with Gasteiger partial charge in [-0.15, -0.1) is 0 Å². The predicted octanol–water partition coefficient (Wildman–Crippen LogP) is 12.8. The van der Waals surface area contributed by atoms with E-state index in [-0.39, 0.29) is 26.1 Å². The number of carbonyl (C=O) groups excluding carboxylic acids is 2. The molecule has 0 spiro atoms. The summed E-state index contributed by atoms with van der Waals surface area (Å²) in [6.07, 6.45) is 47.1. The summed E-state index contributed by atoms with van der Waals surface area (Å²) >= 11 is 0. The van der Waals surface area contributed by atoms with Crippen LogP contribution in [0.25, 0.3) is 0 Å². The minimum atomic E-state index is -4.63. The second-order valence-corrected chi connectivity index (χ2v) is 18.1. The molecule has 0 saturated heterocycles. The average Bonchev–Trinajstić information content (AvgIpc) is 3.17. The van der Waals surface area contributed by atoms with Gasteiger partial charge in [0, 0.05) is 12.8 Å². The van der Waals surface area contributed by atoms with E-state index in [2.05, 4.69) is 62.5 Å². The Morgan fingerprint density at radius 1 is 0.552 bits per heavy atom. The third-order valence-electron chi connectivity index (χ3n) is 9.83. The third-order valence-corrected chi connectivity index (χ3v) is 10.8. The SMILES string of the molecule is CC/C=C/C/C=C/C/C=C/CCCCCCCC(=O)O[C@H](COC(=O)CCCCCCCCCCC/C=C/CCCCCCCC)COP(=O)([O-])OCC[N+](C)(C)C. The number of phosphoric ester groups is 1. The van der Waals surface area contributed by atoms with Crippen molar-refractivity contribution in [3.63, 3.8) is 0 Å². The zero-order valence-corrected chi connectivity index (χ0v) is 38.9. The first-order valence-corrected chi connectivity index (χ1v) is 24.8. The first kappa shape index (κ1) is 56.0. The van der Waals surface area contributed by atoms with Crippen LogP contribution in [0.1, 0.15) is 194 Å². The van der Waals surface area contributed by atoms with Crippen LogP contribution in [0.5, 0.6) is 0 Å². The van der Waals surface area contributed by atoms with Crippen LogP contribution in [-0.4, -0.2) is 70.0 Å². The van der Waals surface area contributed by atoms with Crippen LogP contribution in [0.3, 0.4) is 0 Å². The molecule has 0 bridgehead atoms. The van der Waals surface area contributed by atoms with Gasteiger partial charge in [-0.3, -0.25) is 14.2 Å². The molecule has 0 aliphatic rings. The fourth-order valence-corrected chi connectivity index (χ4v) is 6.92. The monoisotopic (exact) mass is 838 g/mol. The number of quaternary nitrogens is 1. The molecule has 0 aliphatic heterocycles. The molecular formula is C48H88NO8P. The molecule has 0 saturated carbocycles. The van der Waals surface area contributed by atoms with Gasteiger partial charge >= 0.3 is 11.9 Å². The van der Waals surface area contributed by atoms with Gasteiger partial charge in [-0.05, 0) is 70.6 Å². The van der Waals surface area contributed by atoms with Crippen LogP contribution in [0.4, 0.5) is 0 Å². The fourth-order valence-electron chi connectivity index (χ4n) is 6.19. The van der Waals surface area contributed by atoms with Crippen molar-refractivity contribution in [2.45, 2.75) is 200 Å². The summed E-state index contributed by atoms with van der Waals surface area (Å²) in [7, 11) is 1.15. The summed E-state index contributed by atoms with van der Waals surface area (Å²) in [6.45, 7) is 4.09. The second-order valence-electron chi connectivity index (χ2n) is 16.7. The molecule has 58 heavy (non-hydrogen) atoms. The largest absolute Gasteiger partial charge is 0.756 e. The van der Waals surface area contributed by atoms with E-state index >= 15 is 0 Å². The van der Waals surface area contributed by atoms with E-state index in [1.807, 2.05) is 21.1 Å². The molecule has 0 aromatic rings. The van der Waals surface area contributed by atoms with E-state index in [1.54, 1.807) is 0 Å². The van der Waals surface area contributed by atoms with Crippen molar-refractivity contribution in [2.75, 3.05) is 47.5 Å². The number of rotatable bonds is 42. The van der Waals surface area contributed by atoms with Crippen LogP contribution < -0.4 is 4.89 Å². The fraction of sp³-hybridized carbons (Fsp3) is 0.792. The van der Waals surface area contributed by atoms with Gasteiger partial charge in [-0.2, -0.15) is 0 Å². The summed E-state index contributed by atoms with van der Waals surface area (Å²) in [5.41, 5.74) is 0. The van der Waals surface area contributed by atoms with Gasteiger partial charge in [0.25, 0.3) is 7.82 Å². The maximum atomic E-state index is 12.7. The molecule has 2 atom stereocenters. The normalized spacial score (nSPS) is 14.0. The Balaban J connectivity index is 4.32. The first-order valence-electron chi connectivity index (χ1n) is 23.3. The topological polar surface area (TPSA) is 111 Å². The minimum absolute atomic E-state index is 0.0359. The van der Waals surface area contributed by atoms with E-state index in [4.69, 9.17) is 18.5 Å². The van der Waals surface area contributed by atoms with Gasteiger partial charge in [-0.1, -0.05) is 159 Å². The minimum Gasteiger partial charge on any atom is -0.756 e. The lowest BCUT2D eigenvalue weighted by Crippen LogP contribution is -2.37. The summed E-state index contributed by atoms with van der Waals surface area (Å²) in [6, 6.07) is 0.